The maximum atomic E-state index is 10.6. The molecule has 0 rings (SSSR count). The predicted molar refractivity (Wildman–Crippen MR) is 88.9 cm³/mol. The summed E-state index contributed by atoms with van der Waals surface area (Å²) in [6, 6.07) is 0. The first-order valence-electron chi connectivity index (χ1n) is 7.43. The second-order valence-electron chi connectivity index (χ2n) is 5.16. The summed E-state index contributed by atoms with van der Waals surface area (Å²) in [6.07, 6.45) is 0.380. The lowest BCUT2D eigenvalue weighted by molar-refractivity contribution is -0.148. The van der Waals surface area contributed by atoms with Gasteiger partial charge in [-0.05, 0) is 33.1 Å². The molecule has 0 heterocycles. The first kappa shape index (κ1) is 26.7. The van der Waals surface area contributed by atoms with Gasteiger partial charge in [0, 0.05) is 6.61 Å². The number of carboxylic acids is 2. The fraction of sp³-hybridized carbons (Fsp3) is 0.733. The average molecular weight is 348 g/mol. The van der Waals surface area contributed by atoms with E-state index in [0.29, 0.717) is 6.42 Å². The molecule has 0 fully saturated rings. The number of carbonyl (C=O) groups is 4. The highest BCUT2D eigenvalue weighted by Gasteiger charge is 2.25. The third-order valence-corrected chi connectivity index (χ3v) is 3.43. The summed E-state index contributed by atoms with van der Waals surface area (Å²) in [4.78, 5) is 41.6. The van der Waals surface area contributed by atoms with Gasteiger partial charge in [-0.3, -0.25) is 19.2 Å². The Balaban J connectivity index is -0.000000284. The zero-order valence-electron chi connectivity index (χ0n) is 15.1. The molecule has 0 bridgehead atoms. The molecule has 0 amide bonds. The Morgan fingerprint density at radius 1 is 0.957 bits per heavy atom. The number of Topliss-reactive ketones (excluding diaryl/α,β-unsaturated/α-hetero) is 2. The van der Waals surface area contributed by atoms with Crippen molar-refractivity contribution in [2.45, 2.75) is 48.0 Å². The van der Waals surface area contributed by atoms with Crippen LogP contribution in [0.3, 0.4) is 0 Å². The minimum atomic E-state index is -1.03. The highest BCUT2D eigenvalue weighted by molar-refractivity contribution is 5.98. The number of carboxylic acid groups (broad SMARTS) is 2. The second-order valence-corrected chi connectivity index (χ2v) is 5.73. The van der Waals surface area contributed by atoms with Crippen molar-refractivity contribution in [2.75, 3.05) is 6.61 Å². The van der Waals surface area contributed by atoms with Crippen LogP contribution < -0.4 is 0 Å². The molecule has 0 aromatic heterocycles. The number of carbonyl (C=O) groups excluding carboxylic acids is 2. The van der Waals surface area contributed by atoms with Crippen LogP contribution in [-0.4, -0.2) is 56.9 Å². The van der Waals surface area contributed by atoms with Gasteiger partial charge < -0.3 is 14.0 Å². The zero-order valence-corrected chi connectivity index (χ0v) is 17.1. The van der Waals surface area contributed by atoms with Gasteiger partial charge in [0.05, 0.1) is 0 Å². The number of ketones is 2. The van der Waals surface area contributed by atoms with Crippen molar-refractivity contribution in [3.8, 4) is 0 Å². The summed E-state index contributed by atoms with van der Waals surface area (Å²) in [7, 11) is 0. The lowest BCUT2D eigenvalue weighted by Crippen LogP contribution is -2.26. The Kier molecular flexibility index (Phi) is 18.2. The Hall–Kier alpha value is -1.23. The topological polar surface area (TPSA) is 118 Å². The van der Waals surface area contributed by atoms with Gasteiger partial charge in [-0.1, -0.05) is 20.8 Å². The minimum absolute atomic E-state index is 0.116. The fourth-order valence-electron chi connectivity index (χ4n) is 1.56. The van der Waals surface area contributed by atoms with E-state index < -0.39 is 23.8 Å². The molecule has 2 atom stereocenters. The minimum Gasteiger partial charge on any atom is -0.506 e. The highest BCUT2D eigenvalue weighted by atomic mass is 27.1. The Morgan fingerprint density at radius 3 is 1.35 bits per heavy atom. The SMILES string of the molecule is CC(=O)C(C(=O)O)C(C)C.CCC(C(C)=O)C(=O)O.CC[O][AlH2]. The summed E-state index contributed by atoms with van der Waals surface area (Å²) < 4.78 is 4.68. The first-order chi connectivity index (χ1) is 10.5. The molecular weight excluding hydrogens is 319 g/mol. The van der Waals surface area contributed by atoms with Gasteiger partial charge in [-0.2, -0.15) is 0 Å². The quantitative estimate of drug-likeness (QED) is 0.524. The van der Waals surface area contributed by atoms with Crippen molar-refractivity contribution >= 4 is 40.1 Å². The van der Waals surface area contributed by atoms with Crippen LogP contribution in [0, 0.1) is 17.8 Å². The van der Waals surface area contributed by atoms with E-state index >= 15 is 0 Å². The van der Waals surface area contributed by atoms with Gasteiger partial charge in [-0.25, -0.2) is 0 Å². The van der Waals surface area contributed by atoms with Crippen LogP contribution in [0.15, 0.2) is 0 Å². The molecule has 0 radical (unpaired) electrons. The van der Waals surface area contributed by atoms with E-state index in [2.05, 4.69) is 3.79 Å². The molecule has 134 valence electrons. The summed E-state index contributed by atoms with van der Waals surface area (Å²) >= 11 is 0.890. The van der Waals surface area contributed by atoms with Crippen LogP contribution >= 0.6 is 0 Å². The molecule has 7 nitrogen and oxygen atoms in total. The van der Waals surface area contributed by atoms with Crippen LogP contribution in [0.4, 0.5) is 0 Å². The molecule has 0 saturated heterocycles. The van der Waals surface area contributed by atoms with E-state index in [1.165, 1.54) is 13.8 Å². The second kappa shape index (κ2) is 15.7. The van der Waals surface area contributed by atoms with Crippen molar-refractivity contribution in [2.24, 2.45) is 17.8 Å². The van der Waals surface area contributed by atoms with Crippen molar-refractivity contribution in [3.05, 3.63) is 0 Å². The van der Waals surface area contributed by atoms with Crippen molar-refractivity contribution in [1.82, 2.24) is 0 Å². The molecule has 23 heavy (non-hydrogen) atoms. The Morgan fingerprint density at radius 2 is 1.35 bits per heavy atom. The average Bonchev–Trinajstić information content (AvgIpc) is 2.37. The summed E-state index contributed by atoms with van der Waals surface area (Å²) in [5.74, 6) is -4.35. The first-order valence-corrected chi connectivity index (χ1v) is 8.24. The van der Waals surface area contributed by atoms with Crippen molar-refractivity contribution < 1.29 is 33.2 Å². The molecule has 0 aromatic carbocycles. The van der Waals surface area contributed by atoms with E-state index in [1.54, 1.807) is 20.8 Å². The standard InChI is InChI=1S/C7H12O3.C6H10O3.C2H5O.Al.2H/c1-4(2)6(5(3)8)7(9)10;1-3-5(4(2)7)6(8)9;1-2-3;;;/h4,6H,1-3H3,(H,9,10);5H,3H2,1-2H3,(H,8,9);2H2,1H3;;;/q;;-1;+1;;. The zero-order chi connectivity index (χ0) is 19.2. The summed E-state index contributed by atoms with van der Waals surface area (Å²) in [6.45, 7) is 10.6. The molecule has 0 aliphatic rings. The van der Waals surface area contributed by atoms with Gasteiger partial charge in [0.1, 0.15) is 23.4 Å². The van der Waals surface area contributed by atoms with Gasteiger partial charge >= 0.3 is 28.6 Å². The number of hydrogen-bond acceptors (Lipinski definition) is 5. The monoisotopic (exact) mass is 348 g/mol. The molecule has 0 aliphatic heterocycles. The van der Waals surface area contributed by atoms with E-state index in [1.807, 2.05) is 6.92 Å². The summed E-state index contributed by atoms with van der Waals surface area (Å²) in [5, 5.41) is 16.8. The lowest BCUT2D eigenvalue weighted by atomic mass is 9.93. The van der Waals surface area contributed by atoms with Crippen LogP contribution in [0.1, 0.15) is 48.0 Å². The number of aliphatic carboxylic acids is 2. The van der Waals surface area contributed by atoms with Crippen molar-refractivity contribution in [3.63, 3.8) is 0 Å². The van der Waals surface area contributed by atoms with E-state index in [-0.39, 0.29) is 17.5 Å². The fourth-order valence-corrected chi connectivity index (χ4v) is 1.56. The Bertz CT molecular complexity index is 350. The molecule has 8 heteroatoms. The molecular formula is C15H29AlO7. The van der Waals surface area contributed by atoms with E-state index in [4.69, 9.17) is 10.2 Å². The third-order valence-electron chi connectivity index (χ3n) is 2.86. The highest BCUT2D eigenvalue weighted by Crippen LogP contribution is 2.11. The molecule has 0 spiro atoms. The van der Waals surface area contributed by atoms with Gasteiger partial charge in [0.15, 0.2) is 0 Å². The molecule has 0 aromatic rings. The maximum Gasteiger partial charge on any atom is 0.410 e. The third kappa shape index (κ3) is 15.4. The van der Waals surface area contributed by atoms with Crippen LogP contribution in [0.25, 0.3) is 0 Å². The van der Waals surface area contributed by atoms with Crippen LogP contribution in [-0.2, 0) is 23.0 Å². The molecule has 2 N–H and O–H groups in total. The predicted octanol–water partition coefficient (Wildman–Crippen LogP) is 1.19. The largest absolute Gasteiger partial charge is 0.506 e. The van der Waals surface area contributed by atoms with Gasteiger partial charge in [-0.15, -0.1) is 0 Å². The van der Waals surface area contributed by atoms with Crippen LogP contribution in [0.2, 0.25) is 0 Å². The van der Waals surface area contributed by atoms with E-state index in [9.17, 15) is 19.2 Å². The molecule has 0 aliphatic carbocycles. The smallest absolute Gasteiger partial charge is 0.410 e. The summed E-state index contributed by atoms with van der Waals surface area (Å²) in [5.41, 5.74) is 0. The molecule has 0 saturated carbocycles. The number of hydrogen-bond donors (Lipinski definition) is 2. The van der Waals surface area contributed by atoms with Gasteiger partial charge in [0.25, 0.3) is 0 Å². The van der Waals surface area contributed by atoms with Crippen LogP contribution in [0.5, 0.6) is 0 Å². The number of rotatable bonds is 7. The normalized spacial score (nSPS) is 12.0. The maximum absolute atomic E-state index is 10.6. The Labute approximate surface area is 146 Å². The van der Waals surface area contributed by atoms with Gasteiger partial charge in [0.2, 0.25) is 0 Å². The lowest BCUT2D eigenvalue weighted by Gasteiger charge is -2.11. The molecule has 2 unspecified atom stereocenters. The van der Waals surface area contributed by atoms with Crippen molar-refractivity contribution in [1.29, 1.82) is 0 Å². The van der Waals surface area contributed by atoms with E-state index in [0.717, 1.165) is 23.2 Å².